The average Bonchev–Trinajstić information content (AvgIpc) is 2.79. The molecule has 0 spiro atoms. The van der Waals surface area contributed by atoms with E-state index in [9.17, 15) is 9.18 Å². The van der Waals surface area contributed by atoms with Crippen molar-refractivity contribution in [3.8, 4) is 0 Å². The fourth-order valence-electron chi connectivity index (χ4n) is 3.31. The Labute approximate surface area is 151 Å². The van der Waals surface area contributed by atoms with Crippen molar-refractivity contribution in [3.05, 3.63) is 35.6 Å². The van der Waals surface area contributed by atoms with Gasteiger partial charge in [0.05, 0.1) is 0 Å². The Balaban J connectivity index is 1.93. The van der Waals surface area contributed by atoms with Crippen molar-refractivity contribution in [2.75, 3.05) is 32.7 Å². The molecule has 5 heteroatoms. The zero-order valence-corrected chi connectivity index (χ0v) is 16.2. The summed E-state index contributed by atoms with van der Waals surface area (Å²) < 4.78 is 14.0. The molecular weight excluding hydrogens is 317 g/mol. The van der Waals surface area contributed by atoms with Crippen LogP contribution in [0.25, 0.3) is 0 Å². The molecule has 0 bridgehead atoms. The lowest BCUT2D eigenvalue weighted by molar-refractivity contribution is 0.141. The van der Waals surface area contributed by atoms with Crippen LogP contribution in [0.4, 0.5) is 9.18 Å². The van der Waals surface area contributed by atoms with Crippen LogP contribution in [0.1, 0.15) is 46.6 Å². The molecule has 0 unspecified atom stereocenters. The number of hydrogen-bond acceptors (Lipinski definition) is 2. The minimum atomic E-state index is -0.454. The number of amides is 2. The highest BCUT2D eigenvalue weighted by atomic mass is 19.1. The molecule has 1 saturated heterocycles. The van der Waals surface area contributed by atoms with Crippen molar-refractivity contribution in [1.82, 2.24) is 15.1 Å². The molecule has 1 aliphatic heterocycles. The van der Waals surface area contributed by atoms with Gasteiger partial charge in [-0.05, 0) is 38.8 Å². The van der Waals surface area contributed by atoms with Gasteiger partial charge in [-0.15, -0.1) is 0 Å². The summed E-state index contributed by atoms with van der Waals surface area (Å²) >= 11 is 0. The normalized spacial score (nSPS) is 17.3. The van der Waals surface area contributed by atoms with Crippen molar-refractivity contribution in [1.29, 1.82) is 0 Å². The van der Waals surface area contributed by atoms with E-state index >= 15 is 0 Å². The summed E-state index contributed by atoms with van der Waals surface area (Å²) in [6, 6.07) is 6.72. The monoisotopic (exact) mass is 349 g/mol. The van der Waals surface area contributed by atoms with Crippen LogP contribution in [0, 0.1) is 5.82 Å². The molecular formula is C20H32FN3O. The van der Waals surface area contributed by atoms with Gasteiger partial charge >= 0.3 is 6.03 Å². The van der Waals surface area contributed by atoms with E-state index in [-0.39, 0.29) is 17.4 Å². The maximum absolute atomic E-state index is 14.0. The number of halogens is 1. The highest BCUT2D eigenvalue weighted by molar-refractivity contribution is 5.74. The maximum atomic E-state index is 14.0. The number of carbonyl (C=O) groups is 1. The molecule has 0 saturated carbocycles. The lowest BCUT2D eigenvalue weighted by atomic mass is 9.84. The first-order valence-electron chi connectivity index (χ1n) is 9.14. The van der Waals surface area contributed by atoms with Crippen LogP contribution in [-0.2, 0) is 5.41 Å². The van der Waals surface area contributed by atoms with Crippen molar-refractivity contribution in [3.63, 3.8) is 0 Å². The predicted molar refractivity (Wildman–Crippen MR) is 100 cm³/mol. The van der Waals surface area contributed by atoms with Crippen molar-refractivity contribution in [2.45, 2.75) is 52.0 Å². The smallest absolute Gasteiger partial charge is 0.317 e. The minimum absolute atomic E-state index is 0.0554. The number of rotatable bonds is 3. The molecule has 140 valence electrons. The number of nitrogens with zero attached hydrogens (tertiary/aromatic N) is 2. The van der Waals surface area contributed by atoms with Crippen LogP contribution in [0.3, 0.4) is 0 Å². The molecule has 25 heavy (non-hydrogen) atoms. The molecule has 4 nitrogen and oxygen atoms in total. The van der Waals surface area contributed by atoms with Gasteiger partial charge in [0.1, 0.15) is 5.82 Å². The Kier molecular flexibility index (Phi) is 6.09. The summed E-state index contributed by atoms with van der Waals surface area (Å²) in [5.74, 6) is -0.225. The Morgan fingerprint density at radius 2 is 1.76 bits per heavy atom. The second kappa shape index (κ2) is 7.73. The molecule has 0 atom stereocenters. The molecule has 0 aliphatic carbocycles. The Morgan fingerprint density at radius 3 is 2.40 bits per heavy atom. The van der Waals surface area contributed by atoms with Crippen LogP contribution in [0.15, 0.2) is 24.3 Å². The second-order valence-electron chi connectivity index (χ2n) is 8.52. The quantitative estimate of drug-likeness (QED) is 0.905. The summed E-state index contributed by atoms with van der Waals surface area (Å²) in [7, 11) is 0. The highest BCUT2D eigenvalue weighted by Gasteiger charge is 2.28. The summed E-state index contributed by atoms with van der Waals surface area (Å²) in [6.45, 7) is 14.3. The molecule has 1 aromatic carbocycles. The van der Waals surface area contributed by atoms with E-state index in [1.807, 2.05) is 24.8 Å². The molecule has 1 aromatic rings. The van der Waals surface area contributed by atoms with Crippen LogP contribution in [-0.4, -0.2) is 54.1 Å². The number of carbonyl (C=O) groups excluding carboxylic acids is 1. The third-order valence-electron chi connectivity index (χ3n) is 5.02. The maximum Gasteiger partial charge on any atom is 0.317 e. The molecule has 1 fully saturated rings. The highest BCUT2D eigenvalue weighted by Crippen LogP contribution is 2.25. The lowest BCUT2D eigenvalue weighted by Gasteiger charge is -2.34. The molecule has 0 aromatic heterocycles. The van der Waals surface area contributed by atoms with E-state index in [1.165, 1.54) is 6.07 Å². The van der Waals surface area contributed by atoms with Gasteiger partial charge in [0.25, 0.3) is 0 Å². The van der Waals surface area contributed by atoms with Gasteiger partial charge in [-0.25, -0.2) is 9.18 Å². The van der Waals surface area contributed by atoms with Crippen LogP contribution in [0.2, 0.25) is 0 Å². The Hall–Kier alpha value is -1.62. The van der Waals surface area contributed by atoms with E-state index < -0.39 is 5.41 Å². The lowest BCUT2D eigenvalue weighted by Crippen LogP contribution is -2.47. The first kappa shape index (κ1) is 19.7. The van der Waals surface area contributed by atoms with Crippen LogP contribution in [0.5, 0.6) is 0 Å². The number of benzene rings is 1. The zero-order valence-electron chi connectivity index (χ0n) is 16.2. The summed E-state index contributed by atoms with van der Waals surface area (Å²) in [5.41, 5.74) is 0.300. The molecule has 1 aliphatic rings. The topological polar surface area (TPSA) is 35.6 Å². The molecule has 0 radical (unpaired) electrons. The van der Waals surface area contributed by atoms with Crippen molar-refractivity contribution < 1.29 is 9.18 Å². The fourth-order valence-corrected chi connectivity index (χ4v) is 3.31. The van der Waals surface area contributed by atoms with Gasteiger partial charge in [0.15, 0.2) is 0 Å². The SMILES string of the molecule is CC(C)(CNC(=O)N1CCCN(C(C)(C)C)CC1)c1ccccc1F. The van der Waals surface area contributed by atoms with E-state index in [0.29, 0.717) is 12.1 Å². The largest absolute Gasteiger partial charge is 0.337 e. The Morgan fingerprint density at radius 1 is 1.08 bits per heavy atom. The van der Waals surface area contributed by atoms with Gasteiger partial charge in [-0.1, -0.05) is 32.0 Å². The minimum Gasteiger partial charge on any atom is -0.337 e. The standard InChI is InChI=1S/C20H32FN3O/c1-19(2,3)24-12-8-11-23(13-14-24)18(25)22-15-20(4,5)16-9-6-7-10-17(16)21/h6-7,9-10H,8,11-15H2,1-5H3,(H,22,25). The van der Waals surface area contributed by atoms with Crippen LogP contribution < -0.4 is 5.32 Å². The van der Waals surface area contributed by atoms with Gasteiger partial charge in [0, 0.05) is 43.7 Å². The number of urea groups is 1. The second-order valence-corrected chi connectivity index (χ2v) is 8.52. The number of nitrogens with one attached hydrogen (secondary N) is 1. The third-order valence-corrected chi connectivity index (χ3v) is 5.02. The molecule has 2 rings (SSSR count). The predicted octanol–water partition coefficient (Wildman–Crippen LogP) is 3.62. The van der Waals surface area contributed by atoms with Gasteiger partial charge < -0.3 is 10.2 Å². The average molecular weight is 349 g/mol. The Bertz CT molecular complexity index is 595. The summed E-state index contributed by atoms with van der Waals surface area (Å²) in [4.78, 5) is 16.9. The van der Waals surface area contributed by atoms with E-state index in [4.69, 9.17) is 0 Å². The molecule has 2 amide bonds. The molecule has 1 heterocycles. The van der Waals surface area contributed by atoms with Crippen LogP contribution >= 0.6 is 0 Å². The van der Waals surface area contributed by atoms with Gasteiger partial charge in [-0.2, -0.15) is 0 Å². The summed E-state index contributed by atoms with van der Waals surface area (Å²) in [5, 5.41) is 3.00. The van der Waals surface area contributed by atoms with Gasteiger partial charge in [-0.3, -0.25) is 4.90 Å². The van der Waals surface area contributed by atoms with Crippen molar-refractivity contribution in [2.24, 2.45) is 0 Å². The van der Waals surface area contributed by atoms with Gasteiger partial charge in [0.2, 0.25) is 0 Å². The first-order chi connectivity index (χ1) is 11.6. The van der Waals surface area contributed by atoms with E-state index in [1.54, 1.807) is 12.1 Å². The van der Waals surface area contributed by atoms with Crippen molar-refractivity contribution >= 4 is 6.03 Å². The molecule has 1 N–H and O–H groups in total. The fraction of sp³-hybridized carbons (Fsp3) is 0.650. The van der Waals surface area contributed by atoms with E-state index in [0.717, 1.165) is 32.6 Å². The van der Waals surface area contributed by atoms with E-state index in [2.05, 4.69) is 31.0 Å². The third kappa shape index (κ3) is 5.18. The zero-order chi connectivity index (χ0) is 18.7. The summed E-state index contributed by atoms with van der Waals surface area (Å²) in [6.07, 6.45) is 0.974. The number of hydrogen-bond donors (Lipinski definition) is 1. The first-order valence-corrected chi connectivity index (χ1v) is 9.14.